The van der Waals surface area contributed by atoms with Gasteiger partial charge in [0.15, 0.2) is 11.5 Å². The number of nitro benzene ring substituents is 1. The number of aryl methyl sites for hydroxylation is 1. The van der Waals surface area contributed by atoms with E-state index in [0.29, 0.717) is 23.6 Å². The van der Waals surface area contributed by atoms with Crippen molar-refractivity contribution < 1.29 is 28.4 Å². The van der Waals surface area contributed by atoms with Gasteiger partial charge in [-0.2, -0.15) is 5.10 Å². The predicted octanol–water partition coefficient (Wildman–Crippen LogP) is 4.36. The van der Waals surface area contributed by atoms with Crippen molar-refractivity contribution in [3.05, 3.63) is 105 Å². The largest absolute Gasteiger partial charge is 0.479 e. The maximum absolute atomic E-state index is 12.6. The highest BCUT2D eigenvalue weighted by Crippen LogP contribution is 2.28. The minimum absolute atomic E-state index is 0.0378. The fourth-order valence-electron chi connectivity index (χ4n) is 3.47. The quantitative estimate of drug-likeness (QED) is 0.207. The molecule has 184 valence electrons. The van der Waals surface area contributed by atoms with E-state index in [-0.39, 0.29) is 23.8 Å². The summed E-state index contributed by atoms with van der Waals surface area (Å²) in [6.45, 7) is 1.96. The van der Waals surface area contributed by atoms with Crippen LogP contribution in [0.4, 0.5) is 11.4 Å². The van der Waals surface area contributed by atoms with E-state index in [1.807, 2.05) is 6.07 Å². The summed E-state index contributed by atoms with van der Waals surface area (Å²) in [6.07, 6.45) is 3.09. The molecule has 0 spiro atoms. The zero-order valence-corrected chi connectivity index (χ0v) is 19.5. The molecule has 4 rings (SSSR count). The van der Waals surface area contributed by atoms with Crippen molar-refractivity contribution in [2.24, 2.45) is 0 Å². The Balaban J connectivity index is 1.38. The Morgan fingerprint density at radius 3 is 2.75 bits per heavy atom. The van der Waals surface area contributed by atoms with Crippen molar-refractivity contribution >= 4 is 23.3 Å². The van der Waals surface area contributed by atoms with E-state index in [2.05, 4.69) is 10.4 Å². The number of methoxy groups -OCH3 is 1. The molecule has 0 aliphatic carbocycles. The zero-order valence-electron chi connectivity index (χ0n) is 19.5. The fraction of sp³-hybridized carbons (Fsp3) is 0.160. The van der Waals surface area contributed by atoms with Crippen LogP contribution in [0.3, 0.4) is 0 Å². The molecule has 0 saturated carbocycles. The van der Waals surface area contributed by atoms with Crippen LogP contribution in [0, 0.1) is 17.0 Å². The van der Waals surface area contributed by atoms with E-state index >= 15 is 0 Å². The van der Waals surface area contributed by atoms with Crippen LogP contribution in [0.1, 0.15) is 37.8 Å². The van der Waals surface area contributed by atoms with Gasteiger partial charge in [0.2, 0.25) is 0 Å². The zero-order chi connectivity index (χ0) is 25.7. The van der Waals surface area contributed by atoms with Crippen LogP contribution in [-0.2, 0) is 17.9 Å². The highest BCUT2D eigenvalue weighted by Gasteiger charge is 2.18. The van der Waals surface area contributed by atoms with Crippen LogP contribution in [0.15, 0.2) is 71.4 Å². The summed E-state index contributed by atoms with van der Waals surface area (Å²) in [6, 6.07) is 14.7. The van der Waals surface area contributed by atoms with Gasteiger partial charge in [0, 0.05) is 12.3 Å². The Morgan fingerprint density at radius 1 is 1.17 bits per heavy atom. The molecule has 0 fully saturated rings. The number of carbonyl (C=O) groups is 2. The molecule has 1 amide bonds. The number of furan rings is 1. The smallest absolute Gasteiger partial charge is 0.338 e. The number of hydrogen-bond donors (Lipinski definition) is 1. The Kier molecular flexibility index (Phi) is 7.10. The first-order valence-electron chi connectivity index (χ1n) is 10.8. The van der Waals surface area contributed by atoms with Crippen LogP contribution >= 0.6 is 0 Å². The topological polar surface area (TPSA) is 139 Å². The first-order chi connectivity index (χ1) is 17.3. The Morgan fingerprint density at radius 2 is 1.97 bits per heavy atom. The summed E-state index contributed by atoms with van der Waals surface area (Å²) in [4.78, 5) is 35.3. The highest BCUT2D eigenvalue weighted by molar-refractivity contribution is 6.02. The van der Waals surface area contributed by atoms with E-state index in [9.17, 15) is 19.7 Å². The number of benzene rings is 2. The second-order valence-corrected chi connectivity index (χ2v) is 7.81. The highest BCUT2D eigenvalue weighted by atomic mass is 16.6. The molecule has 11 nitrogen and oxygen atoms in total. The van der Waals surface area contributed by atoms with Gasteiger partial charge in [0.1, 0.15) is 12.4 Å². The van der Waals surface area contributed by atoms with E-state index in [1.165, 1.54) is 31.5 Å². The van der Waals surface area contributed by atoms with Crippen molar-refractivity contribution in [3.63, 3.8) is 0 Å². The molecule has 0 aliphatic rings. The van der Waals surface area contributed by atoms with Gasteiger partial charge in [-0.15, -0.1) is 0 Å². The first kappa shape index (κ1) is 24.2. The molecule has 0 bridgehead atoms. The maximum atomic E-state index is 12.6. The summed E-state index contributed by atoms with van der Waals surface area (Å²) in [5, 5.41) is 18.2. The summed E-state index contributed by atoms with van der Waals surface area (Å²) in [7, 11) is 1.32. The third-order valence-corrected chi connectivity index (χ3v) is 5.21. The number of carbonyl (C=O) groups excluding carboxylic acids is 2. The number of amides is 1. The van der Waals surface area contributed by atoms with Crippen LogP contribution in [0.5, 0.6) is 5.75 Å². The van der Waals surface area contributed by atoms with Gasteiger partial charge in [0.25, 0.3) is 5.91 Å². The third-order valence-electron chi connectivity index (χ3n) is 5.21. The standard InChI is InChI=1S/C25H22N4O7/c1-16-7-9-22(21(11-16)29(32)33)35-15-19-8-10-23(36-19)24(30)27-18-12-26-28(14-18)13-17-5-3-4-6-20(17)25(31)34-2/h3-12,14H,13,15H2,1-2H3,(H,27,30). The van der Waals surface area contributed by atoms with E-state index < -0.39 is 16.8 Å². The molecule has 0 aliphatic heterocycles. The predicted molar refractivity (Wildman–Crippen MR) is 128 cm³/mol. The molecule has 2 aromatic heterocycles. The second-order valence-electron chi connectivity index (χ2n) is 7.81. The number of nitrogens with zero attached hydrogens (tertiary/aromatic N) is 3. The minimum atomic E-state index is -0.516. The Hall–Kier alpha value is -4.93. The average Bonchev–Trinajstić information content (AvgIpc) is 3.52. The summed E-state index contributed by atoms with van der Waals surface area (Å²) < 4.78 is 17.5. The number of aromatic nitrogens is 2. The molecule has 0 saturated heterocycles. The van der Waals surface area contributed by atoms with Gasteiger partial charge >= 0.3 is 11.7 Å². The number of nitrogens with one attached hydrogen (secondary N) is 1. The molecular weight excluding hydrogens is 468 g/mol. The molecular formula is C25H22N4O7. The Bertz CT molecular complexity index is 1420. The second kappa shape index (κ2) is 10.6. The number of esters is 1. The number of rotatable bonds is 9. The first-order valence-corrected chi connectivity index (χ1v) is 10.8. The molecule has 4 aromatic rings. The van der Waals surface area contributed by atoms with Crippen LogP contribution in [0.25, 0.3) is 0 Å². The lowest BCUT2D eigenvalue weighted by Crippen LogP contribution is -2.11. The molecule has 0 unspecified atom stereocenters. The third kappa shape index (κ3) is 5.58. The van der Waals surface area contributed by atoms with E-state index in [0.717, 1.165) is 11.1 Å². The van der Waals surface area contributed by atoms with Gasteiger partial charge in [0.05, 0.1) is 36.0 Å². The number of hydrogen-bond acceptors (Lipinski definition) is 8. The summed E-state index contributed by atoms with van der Waals surface area (Å²) in [5.74, 6) is -0.479. The molecule has 1 N–H and O–H groups in total. The lowest BCUT2D eigenvalue weighted by atomic mass is 10.1. The van der Waals surface area contributed by atoms with Gasteiger partial charge in [-0.1, -0.05) is 24.3 Å². The average molecular weight is 490 g/mol. The monoisotopic (exact) mass is 490 g/mol. The minimum Gasteiger partial charge on any atom is -0.479 e. The SMILES string of the molecule is COC(=O)c1ccccc1Cn1cc(NC(=O)c2ccc(COc3ccc(C)cc3[N+](=O)[O-])o2)cn1. The van der Waals surface area contributed by atoms with Crippen molar-refractivity contribution in [2.75, 3.05) is 12.4 Å². The molecule has 36 heavy (non-hydrogen) atoms. The van der Waals surface area contributed by atoms with E-state index in [4.69, 9.17) is 13.9 Å². The number of nitro groups is 1. The van der Waals surface area contributed by atoms with Crippen LogP contribution in [-0.4, -0.2) is 33.7 Å². The molecule has 0 radical (unpaired) electrons. The maximum Gasteiger partial charge on any atom is 0.338 e. The lowest BCUT2D eigenvalue weighted by Gasteiger charge is -2.07. The normalized spacial score (nSPS) is 10.6. The number of anilines is 1. The fourth-order valence-corrected chi connectivity index (χ4v) is 3.47. The summed E-state index contributed by atoms with van der Waals surface area (Å²) in [5.41, 5.74) is 2.17. The van der Waals surface area contributed by atoms with Gasteiger partial charge in [-0.05, 0) is 42.3 Å². The number of ether oxygens (including phenoxy) is 2. The lowest BCUT2D eigenvalue weighted by molar-refractivity contribution is -0.386. The molecule has 2 heterocycles. The van der Waals surface area contributed by atoms with Gasteiger partial charge in [-0.3, -0.25) is 19.6 Å². The van der Waals surface area contributed by atoms with Crippen molar-refractivity contribution in [2.45, 2.75) is 20.1 Å². The van der Waals surface area contributed by atoms with Crippen LogP contribution in [0.2, 0.25) is 0 Å². The molecule has 11 heteroatoms. The molecule has 2 aromatic carbocycles. The van der Waals surface area contributed by atoms with Crippen molar-refractivity contribution in [1.29, 1.82) is 0 Å². The molecule has 0 atom stereocenters. The van der Waals surface area contributed by atoms with Crippen molar-refractivity contribution in [3.8, 4) is 5.75 Å². The van der Waals surface area contributed by atoms with Gasteiger partial charge in [-0.25, -0.2) is 4.79 Å². The van der Waals surface area contributed by atoms with Gasteiger partial charge < -0.3 is 19.2 Å². The van der Waals surface area contributed by atoms with Crippen molar-refractivity contribution in [1.82, 2.24) is 9.78 Å². The summed E-state index contributed by atoms with van der Waals surface area (Å²) >= 11 is 0. The Labute approximate surface area is 205 Å². The van der Waals surface area contributed by atoms with Crippen LogP contribution < -0.4 is 10.1 Å². The van der Waals surface area contributed by atoms with E-state index in [1.54, 1.807) is 48.1 Å².